The van der Waals surface area contributed by atoms with Gasteiger partial charge in [-0.25, -0.2) is 13.6 Å². The summed E-state index contributed by atoms with van der Waals surface area (Å²) >= 11 is 3.33. The minimum atomic E-state index is -1.04. The number of amides is 1. The molecule has 0 bridgehead atoms. The van der Waals surface area contributed by atoms with Crippen LogP contribution in [0.4, 0.5) is 14.5 Å². The Kier molecular flexibility index (Phi) is 5.44. The molecule has 0 aliphatic carbocycles. The lowest BCUT2D eigenvalue weighted by Crippen LogP contribution is -2.21. The number of esters is 1. The fourth-order valence-corrected chi connectivity index (χ4v) is 2.11. The normalized spacial score (nSPS) is 10.3. The zero-order valence-electron chi connectivity index (χ0n) is 12.0. The van der Waals surface area contributed by atoms with Crippen molar-refractivity contribution < 1.29 is 23.1 Å². The van der Waals surface area contributed by atoms with Crippen LogP contribution >= 0.6 is 15.9 Å². The summed E-state index contributed by atoms with van der Waals surface area (Å²) in [7, 11) is 0. The summed E-state index contributed by atoms with van der Waals surface area (Å²) < 4.78 is 31.7. The first-order chi connectivity index (χ1) is 10.9. The summed E-state index contributed by atoms with van der Waals surface area (Å²) in [5.41, 5.74) is 1.09. The van der Waals surface area contributed by atoms with Gasteiger partial charge in [-0.2, -0.15) is 0 Å². The number of aryl methyl sites for hydroxylation is 1. The van der Waals surface area contributed by atoms with Gasteiger partial charge in [0.1, 0.15) is 11.6 Å². The molecule has 7 heteroatoms. The second-order valence-electron chi connectivity index (χ2n) is 4.71. The third-order valence-electron chi connectivity index (χ3n) is 2.94. The van der Waals surface area contributed by atoms with Gasteiger partial charge < -0.3 is 10.1 Å². The van der Waals surface area contributed by atoms with E-state index in [0.29, 0.717) is 11.8 Å². The highest BCUT2D eigenvalue weighted by molar-refractivity contribution is 9.10. The molecule has 1 amide bonds. The van der Waals surface area contributed by atoms with Gasteiger partial charge in [0.15, 0.2) is 6.61 Å². The zero-order chi connectivity index (χ0) is 17.0. The van der Waals surface area contributed by atoms with Crippen LogP contribution in [0.1, 0.15) is 15.9 Å². The number of rotatable bonds is 4. The Morgan fingerprint density at radius 2 is 1.91 bits per heavy atom. The highest BCUT2D eigenvalue weighted by Gasteiger charge is 2.15. The Bertz CT molecular complexity index is 765. The van der Waals surface area contributed by atoms with E-state index in [2.05, 4.69) is 21.2 Å². The molecule has 0 radical (unpaired) electrons. The number of halogens is 3. The number of nitrogens with one attached hydrogen (secondary N) is 1. The smallest absolute Gasteiger partial charge is 0.341 e. The van der Waals surface area contributed by atoms with Crippen LogP contribution < -0.4 is 5.32 Å². The quantitative estimate of drug-likeness (QED) is 0.816. The molecular weight excluding hydrogens is 372 g/mol. The van der Waals surface area contributed by atoms with E-state index in [1.165, 1.54) is 0 Å². The predicted octanol–water partition coefficient (Wildman–Crippen LogP) is 3.83. The maximum atomic E-state index is 13.4. The molecule has 0 spiro atoms. The molecule has 2 aromatic carbocycles. The van der Waals surface area contributed by atoms with Crippen LogP contribution in [0.2, 0.25) is 0 Å². The molecule has 0 aromatic heterocycles. The lowest BCUT2D eigenvalue weighted by atomic mass is 10.2. The van der Waals surface area contributed by atoms with Gasteiger partial charge in [-0.3, -0.25) is 4.79 Å². The van der Waals surface area contributed by atoms with Gasteiger partial charge in [0.05, 0.1) is 5.56 Å². The van der Waals surface area contributed by atoms with Crippen molar-refractivity contribution in [2.45, 2.75) is 6.92 Å². The lowest BCUT2D eigenvalue weighted by molar-refractivity contribution is -0.119. The van der Waals surface area contributed by atoms with Crippen molar-refractivity contribution in [3.8, 4) is 0 Å². The summed E-state index contributed by atoms with van der Waals surface area (Å²) in [6, 6.07) is 7.67. The average Bonchev–Trinajstić information content (AvgIpc) is 2.48. The van der Waals surface area contributed by atoms with Gasteiger partial charge in [-0.05, 0) is 36.8 Å². The van der Waals surface area contributed by atoms with Crippen molar-refractivity contribution in [2.75, 3.05) is 11.9 Å². The average molecular weight is 384 g/mol. The van der Waals surface area contributed by atoms with Crippen LogP contribution in [0.5, 0.6) is 0 Å². The van der Waals surface area contributed by atoms with Crippen molar-refractivity contribution in [2.24, 2.45) is 0 Å². The van der Waals surface area contributed by atoms with Gasteiger partial charge in [0.25, 0.3) is 5.91 Å². The molecule has 0 heterocycles. The number of carbonyl (C=O) groups is 2. The molecule has 23 heavy (non-hydrogen) atoms. The Morgan fingerprint density at radius 3 is 2.57 bits per heavy atom. The molecular formula is C16H12BrF2NO3. The third-order valence-corrected chi connectivity index (χ3v) is 3.80. The molecule has 4 nitrogen and oxygen atoms in total. The molecule has 0 saturated heterocycles. The minimum absolute atomic E-state index is 0.433. The summed E-state index contributed by atoms with van der Waals surface area (Å²) in [6.07, 6.45) is 0. The first-order valence-corrected chi connectivity index (χ1v) is 7.34. The fourth-order valence-electron chi connectivity index (χ4n) is 1.73. The van der Waals surface area contributed by atoms with E-state index >= 15 is 0 Å². The number of anilines is 1. The first-order valence-electron chi connectivity index (χ1n) is 6.55. The van der Waals surface area contributed by atoms with E-state index in [-0.39, 0.29) is 0 Å². The van der Waals surface area contributed by atoms with Crippen LogP contribution in [0.15, 0.2) is 40.9 Å². The second-order valence-corrected chi connectivity index (χ2v) is 5.57. The Hall–Kier alpha value is -2.28. The van der Waals surface area contributed by atoms with Crippen molar-refractivity contribution in [1.29, 1.82) is 0 Å². The van der Waals surface area contributed by atoms with E-state index in [0.717, 1.165) is 22.2 Å². The highest BCUT2D eigenvalue weighted by Crippen LogP contribution is 2.20. The lowest BCUT2D eigenvalue weighted by Gasteiger charge is -2.08. The third kappa shape index (κ3) is 4.59. The predicted molar refractivity (Wildman–Crippen MR) is 84.1 cm³/mol. The maximum Gasteiger partial charge on any atom is 0.341 e. The minimum Gasteiger partial charge on any atom is -0.452 e. The van der Waals surface area contributed by atoms with E-state index in [9.17, 15) is 18.4 Å². The SMILES string of the molecule is Cc1ccc(NC(=O)COC(=O)c2ccc(F)cc2F)cc1Br. The van der Waals surface area contributed by atoms with Crippen LogP contribution in [-0.4, -0.2) is 18.5 Å². The van der Waals surface area contributed by atoms with Gasteiger partial charge >= 0.3 is 5.97 Å². The first kappa shape index (κ1) is 17.1. The van der Waals surface area contributed by atoms with Crippen LogP contribution in [0.3, 0.4) is 0 Å². The largest absolute Gasteiger partial charge is 0.452 e. The molecule has 2 rings (SSSR count). The van der Waals surface area contributed by atoms with Crippen molar-refractivity contribution in [1.82, 2.24) is 0 Å². The van der Waals surface area contributed by atoms with E-state index in [1.807, 2.05) is 6.92 Å². The van der Waals surface area contributed by atoms with E-state index in [4.69, 9.17) is 4.74 Å². The molecule has 0 unspecified atom stereocenters. The summed E-state index contributed by atoms with van der Waals surface area (Å²) in [6.45, 7) is 1.32. The number of ether oxygens (including phenoxy) is 1. The molecule has 0 saturated carbocycles. The number of benzene rings is 2. The van der Waals surface area contributed by atoms with Crippen LogP contribution in [0, 0.1) is 18.6 Å². The van der Waals surface area contributed by atoms with Gasteiger partial charge in [0, 0.05) is 16.2 Å². The standard InChI is InChI=1S/C16H12BrF2NO3/c1-9-2-4-11(7-13(9)17)20-15(21)8-23-16(22)12-5-3-10(18)6-14(12)19/h2-7H,8H2,1H3,(H,20,21). The Balaban J connectivity index is 1.93. The second kappa shape index (κ2) is 7.32. The maximum absolute atomic E-state index is 13.4. The number of carbonyl (C=O) groups excluding carboxylic acids is 2. The zero-order valence-corrected chi connectivity index (χ0v) is 13.6. The molecule has 120 valence electrons. The van der Waals surface area contributed by atoms with E-state index in [1.54, 1.807) is 18.2 Å². The van der Waals surface area contributed by atoms with Crippen LogP contribution in [0.25, 0.3) is 0 Å². The summed E-state index contributed by atoms with van der Waals surface area (Å²) in [4.78, 5) is 23.4. The van der Waals surface area contributed by atoms with Gasteiger partial charge in [-0.15, -0.1) is 0 Å². The van der Waals surface area contributed by atoms with E-state index < -0.39 is 35.7 Å². The molecule has 0 fully saturated rings. The van der Waals surface area contributed by atoms with Crippen molar-refractivity contribution in [3.05, 3.63) is 63.6 Å². The number of hydrogen-bond donors (Lipinski definition) is 1. The Morgan fingerprint density at radius 1 is 1.17 bits per heavy atom. The molecule has 0 atom stereocenters. The topological polar surface area (TPSA) is 55.4 Å². The van der Waals surface area contributed by atoms with Crippen molar-refractivity contribution >= 4 is 33.5 Å². The summed E-state index contributed by atoms with van der Waals surface area (Å²) in [5.74, 6) is -3.46. The molecule has 0 aliphatic heterocycles. The molecule has 2 aromatic rings. The molecule has 0 aliphatic rings. The molecule has 1 N–H and O–H groups in total. The van der Waals surface area contributed by atoms with Crippen molar-refractivity contribution in [3.63, 3.8) is 0 Å². The summed E-state index contributed by atoms with van der Waals surface area (Å²) in [5, 5.41) is 2.54. The van der Waals surface area contributed by atoms with Crippen LogP contribution in [-0.2, 0) is 9.53 Å². The van der Waals surface area contributed by atoms with Gasteiger partial charge in [0.2, 0.25) is 0 Å². The Labute approximate surface area is 139 Å². The number of hydrogen-bond acceptors (Lipinski definition) is 3. The monoisotopic (exact) mass is 383 g/mol. The van der Waals surface area contributed by atoms with Gasteiger partial charge in [-0.1, -0.05) is 22.0 Å². The highest BCUT2D eigenvalue weighted by atomic mass is 79.9. The fraction of sp³-hybridized carbons (Fsp3) is 0.125.